The van der Waals surface area contributed by atoms with Crippen LogP contribution in [0.3, 0.4) is 0 Å². The fourth-order valence-electron chi connectivity index (χ4n) is 4.83. The molecule has 202 valence electrons. The smallest absolute Gasteiger partial charge is 0.129 e. The lowest BCUT2D eigenvalue weighted by atomic mass is 10.0. The van der Waals surface area contributed by atoms with Crippen molar-refractivity contribution in [3.05, 3.63) is 151 Å². The molecule has 0 aromatic heterocycles. The number of ether oxygens (including phenoxy) is 1. The van der Waals surface area contributed by atoms with E-state index in [0.29, 0.717) is 0 Å². The first-order valence-electron chi connectivity index (χ1n) is 13.5. The number of nitrogens with zero attached hydrogens (tertiary/aromatic N) is 1. The number of likely N-dealkylation sites (N-methyl/N-ethyl adjacent to an activating group) is 1. The zero-order valence-corrected chi connectivity index (χ0v) is 25.0. The Labute approximate surface area is 241 Å². The number of hydrogen-bond acceptors (Lipinski definition) is 3. The van der Waals surface area contributed by atoms with Crippen LogP contribution in [0, 0.1) is 0 Å². The van der Waals surface area contributed by atoms with Gasteiger partial charge in [0.05, 0.1) is 15.3 Å². The van der Waals surface area contributed by atoms with Gasteiger partial charge in [-0.3, -0.25) is 4.67 Å². The molecule has 5 rings (SSSR count). The summed E-state index contributed by atoms with van der Waals surface area (Å²) in [7, 11) is 2.02. The van der Waals surface area contributed by atoms with E-state index in [1.807, 2.05) is 12.1 Å². The van der Waals surface area contributed by atoms with Crippen LogP contribution >= 0.6 is 16.2 Å². The van der Waals surface area contributed by atoms with Crippen molar-refractivity contribution >= 4 is 37.4 Å². The van der Waals surface area contributed by atoms with Crippen molar-refractivity contribution in [1.29, 1.82) is 0 Å². The van der Waals surface area contributed by atoms with Crippen LogP contribution in [0.2, 0.25) is 0 Å². The van der Waals surface area contributed by atoms with E-state index in [1.54, 1.807) is 7.11 Å². The Hall–Kier alpha value is -3.32. The monoisotopic (exact) mass is 563 g/mol. The van der Waals surface area contributed by atoms with Crippen LogP contribution in [0.4, 0.5) is 0 Å². The van der Waals surface area contributed by atoms with Crippen LogP contribution in [-0.4, -0.2) is 24.9 Å². The van der Waals surface area contributed by atoms with E-state index in [4.69, 9.17) is 9.26 Å². The minimum atomic E-state index is -1.17. The van der Waals surface area contributed by atoms with Crippen molar-refractivity contribution < 1.29 is 9.26 Å². The van der Waals surface area contributed by atoms with Gasteiger partial charge in [-0.05, 0) is 42.3 Å². The van der Waals surface area contributed by atoms with Gasteiger partial charge in [-0.2, -0.15) is 0 Å². The molecule has 5 heteroatoms. The average molecular weight is 564 g/mol. The molecule has 0 aliphatic heterocycles. The molecule has 0 heterocycles. The first-order valence-corrected chi connectivity index (χ1v) is 16.1. The maximum atomic E-state index is 7.31. The molecule has 40 heavy (non-hydrogen) atoms. The molecule has 0 amide bonds. The van der Waals surface area contributed by atoms with Crippen molar-refractivity contribution in [2.45, 2.75) is 19.1 Å². The van der Waals surface area contributed by atoms with Crippen LogP contribution in [0.5, 0.6) is 5.75 Å². The third kappa shape index (κ3) is 6.52. The normalized spacial score (nSPS) is 13.6. The number of para-hydroxylation sites is 1. The Balaban J connectivity index is 1.58. The maximum absolute atomic E-state index is 7.31. The highest BCUT2D eigenvalue weighted by atomic mass is 31.1. The third-order valence-corrected chi connectivity index (χ3v) is 11.6. The van der Waals surface area contributed by atoms with Gasteiger partial charge >= 0.3 is 0 Å². The quantitative estimate of drug-likeness (QED) is 0.159. The van der Waals surface area contributed by atoms with Gasteiger partial charge in [0.25, 0.3) is 0 Å². The minimum absolute atomic E-state index is 0.0670. The van der Waals surface area contributed by atoms with Crippen LogP contribution in [-0.2, 0) is 4.52 Å². The van der Waals surface area contributed by atoms with Gasteiger partial charge in [0, 0.05) is 24.7 Å². The number of rotatable bonds is 11. The summed E-state index contributed by atoms with van der Waals surface area (Å²) >= 11 is 0. The summed E-state index contributed by atoms with van der Waals surface area (Å²) in [4.78, 5) is 0. The lowest BCUT2D eigenvalue weighted by Crippen LogP contribution is -2.37. The van der Waals surface area contributed by atoms with Crippen LogP contribution in [0.25, 0.3) is 0 Å². The first-order chi connectivity index (χ1) is 19.7. The summed E-state index contributed by atoms with van der Waals surface area (Å²) in [6.07, 6.45) is -0.181. The summed E-state index contributed by atoms with van der Waals surface area (Å²) < 4.78 is 15.6. The molecule has 5 aromatic carbocycles. The fraction of sp³-hybridized carbons (Fsp3) is 0.143. The number of hydrogen-bond donors (Lipinski definition) is 0. The zero-order chi connectivity index (χ0) is 27.7. The Morgan fingerprint density at radius 3 is 1.55 bits per heavy atom. The summed E-state index contributed by atoms with van der Waals surface area (Å²) in [6.45, 7) is 2.29. The lowest BCUT2D eigenvalue weighted by molar-refractivity contribution is 0.154. The van der Waals surface area contributed by atoms with Crippen molar-refractivity contribution in [1.82, 2.24) is 4.67 Å². The largest absolute Gasteiger partial charge is 0.496 e. The predicted octanol–water partition coefficient (Wildman–Crippen LogP) is 7.17. The molecule has 0 saturated carbocycles. The van der Waals surface area contributed by atoms with E-state index in [9.17, 15) is 0 Å². The van der Waals surface area contributed by atoms with Gasteiger partial charge in [-0.1, -0.05) is 133 Å². The molecule has 3 atom stereocenters. The molecule has 3 nitrogen and oxygen atoms in total. The van der Waals surface area contributed by atoms with E-state index >= 15 is 0 Å². The van der Waals surface area contributed by atoms with Crippen LogP contribution in [0.1, 0.15) is 18.6 Å². The third-order valence-electron chi connectivity index (χ3n) is 6.99. The minimum Gasteiger partial charge on any atom is -0.496 e. The topological polar surface area (TPSA) is 21.7 Å². The van der Waals surface area contributed by atoms with Crippen molar-refractivity contribution in [2.24, 2.45) is 0 Å². The van der Waals surface area contributed by atoms with Gasteiger partial charge in [0.2, 0.25) is 0 Å². The molecule has 0 saturated heterocycles. The summed E-state index contributed by atoms with van der Waals surface area (Å²) in [5.41, 5.74) is 1.16. The molecule has 0 aliphatic carbocycles. The highest BCUT2D eigenvalue weighted by molar-refractivity contribution is 7.70. The van der Waals surface area contributed by atoms with E-state index < -0.39 is 16.2 Å². The SMILES string of the molecule is COc1ccccc1[P@](O[C@@H](c1ccccc1)[C@@H](C)N(C)P(c1ccccc1)c1ccccc1)c1ccccc1. The fourth-order valence-corrected chi connectivity index (χ4v) is 9.32. The second-order valence-corrected chi connectivity index (χ2v) is 13.6. The van der Waals surface area contributed by atoms with Gasteiger partial charge in [-0.25, -0.2) is 0 Å². The van der Waals surface area contributed by atoms with Gasteiger partial charge in [0.1, 0.15) is 11.9 Å². The van der Waals surface area contributed by atoms with Crippen molar-refractivity contribution in [2.75, 3.05) is 14.2 Å². The predicted molar refractivity (Wildman–Crippen MR) is 172 cm³/mol. The lowest BCUT2D eigenvalue weighted by Gasteiger charge is -2.39. The van der Waals surface area contributed by atoms with Gasteiger partial charge in [0.15, 0.2) is 0 Å². The second kappa shape index (κ2) is 13.8. The second-order valence-electron chi connectivity index (χ2n) is 9.54. The van der Waals surface area contributed by atoms with E-state index in [-0.39, 0.29) is 12.1 Å². The first kappa shape index (κ1) is 28.2. The van der Waals surface area contributed by atoms with Crippen molar-refractivity contribution in [3.63, 3.8) is 0 Å². The Bertz CT molecular complexity index is 1410. The molecular formula is C35H35NO2P2. The summed E-state index contributed by atoms with van der Waals surface area (Å²) in [5, 5.41) is 4.88. The summed E-state index contributed by atoms with van der Waals surface area (Å²) in [5.74, 6) is 0.848. The number of methoxy groups -OCH3 is 1. The van der Waals surface area contributed by atoms with Crippen LogP contribution in [0.15, 0.2) is 146 Å². The standard InChI is InChI=1S/C35H35NO2P2/c1-28(36(2)39(30-20-10-5-11-21-30)31-22-12-6-13-23-31)35(29-18-8-4-9-19-29)38-40(32-24-14-7-15-25-32)34-27-17-16-26-33(34)37-3/h4-28,35H,1-3H3/t28-,35-,40-/m1/s1. The van der Waals surface area contributed by atoms with Crippen molar-refractivity contribution in [3.8, 4) is 5.75 Å². The highest BCUT2D eigenvalue weighted by Crippen LogP contribution is 2.48. The molecule has 0 bridgehead atoms. The van der Waals surface area contributed by atoms with Crippen LogP contribution < -0.4 is 26.0 Å². The number of benzene rings is 5. The van der Waals surface area contributed by atoms with E-state index in [1.165, 1.54) is 10.6 Å². The molecule has 0 N–H and O–H groups in total. The maximum Gasteiger partial charge on any atom is 0.129 e. The Kier molecular flexibility index (Phi) is 9.76. The van der Waals surface area contributed by atoms with Gasteiger partial charge in [-0.15, -0.1) is 0 Å². The molecule has 5 aromatic rings. The Morgan fingerprint density at radius 2 is 1.02 bits per heavy atom. The molecule has 0 spiro atoms. The zero-order valence-electron chi connectivity index (χ0n) is 23.2. The molecule has 0 aliphatic rings. The van der Waals surface area contributed by atoms with Gasteiger partial charge < -0.3 is 9.26 Å². The van der Waals surface area contributed by atoms with E-state index in [2.05, 4.69) is 152 Å². The Morgan fingerprint density at radius 1 is 0.575 bits per heavy atom. The van der Waals surface area contributed by atoms with E-state index in [0.717, 1.165) is 21.9 Å². The molecule has 0 fully saturated rings. The molecular weight excluding hydrogens is 528 g/mol. The molecule has 0 radical (unpaired) electrons. The molecule has 0 unspecified atom stereocenters. The highest BCUT2D eigenvalue weighted by Gasteiger charge is 2.33. The summed E-state index contributed by atoms with van der Waals surface area (Å²) in [6, 6.07) is 51.1. The average Bonchev–Trinajstić information content (AvgIpc) is 3.03.